The molecule has 0 aliphatic heterocycles. The molecule has 1 aliphatic carbocycles. The van der Waals surface area contributed by atoms with Crippen LogP contribution in [0.1, 0.15) is 55.9 Å². The lowest BCUT2D eigenvalue weighted by atomic mass is 10.1. The highest BCUT2D eigenvalue weighted by Crippen LogP contribution is 2.40. The third-order valence-corrected chi connectivity index (χ3v) is 7.50. The number of aromatic nitrogens is 4. The fourth-order valence-electron chi connectivity index (χ4n) is 4.35. The summed E-state index contributed by atoms with van der Waals surface area (Å²) < 4.78 is 0. The van der Waals surface area contributed by atoms with Crippen molar-refractivity contribution in [3.8, 4) is 11.4 Å². The molecule has 0 unspecified atom stereocenters. The number of carbonyl (C=O) groups is 2. The van der Waals surface area contributed by atoms with Crippen molar-refractivity contribution in [3.63, 3.8) is 0 Å². The van der Waals surface area contributed by atoms with Gasteiger partial charge in [-0.25, -0.2) is 15.0 Å². The van der Waals surface area contributed by atoms with Crippen LogP contribution in [0.3, 0.4) is 0 Å². The van der Waals surface area contributed by atoms with E-state index in [-0.39, 0.29) is 5.91 Å². The van der Waals surface area contributed by atoms with Crippen molar-refractivity contribution < 1.29 is 9.59 Å². The monoisotopic (exact) mass is 494 g/mol. The van der Waals surface area contributed by atoms with E-state index in [1.807, 2.05) is 56.3 Å². The molecule has 2 amide bonds. The standard InChI is InChI=1S/C27H22N6O2S/c1-14-22-15(2)29-24(16-10-11-16)31-27(22)36-23(14)26(35)33-32-25(34)18-13-21(20-9-5-6-12-28-20)30-19-8-4-3-7-17(18)19/h3-9,12-13,16H,10-11H2,1-2H3,(H,32,34)(H,33,35). The number of hydrogen-bond donors (Lipinski definition) is 2. The number of para-hydroxylation sites is 1. The van der Waals surface area contributed by atoms with Gasteiger partial charge in [0, 0.05) is 22.9 Å². The van der Waals surface area contributed by atoms with Gasteiger partial charge in [-0.05, 0) is 56.5 Å². The number of hydrazine groups is 1. The Kier molecular flexibility index (Phi) is 5.41. The molecular formula is C27H22N6O2S. The smallest absolute Gasteiger partial charge is 0.267 e. The molecule has 2 N–H and O–H groups in total. The Balaban J connectivity index is 1.28. The van der Waals surface area contributed by atoms with E-state index < -0.39 is 5.91 Å². The Morgan fingerprint density at radius 3 is 2.47 bits per heavy atom. The van der Waals surface area contributed by atoms with E-state index in [1.165, 1.54) is 11.3 Å². The molecule has 1 aliphatic rings. The molecule has 8 nitrogen and oxygen atoms in total. The Hall–Kier alpha value is -4.24. The average molecular weight is 495 g/mol. The van der Waals surface area contributed by atoms with Crippen molar-refractivity contribution in [1.82, 2.24) is 30.8 Å². The Labute approximate surface area is 210 Å². The lowest BCUT2D eigenvalue weighted by Gasteiger charge is -2.11. The molecule has 0 bridgehead atoms. The van der Waals surface area contributed by atoms with E-state index in [4.69, 9.17) is 4.98 Å². The molecule has 0 spiro atoms. The van der Waals surface area contributed by atoms with Gasteiger partial charge in [-0.1, -0.05) is 24.3 Å². The number of hydrogen-bond acceptors (Lipinski definition) is 7. The number of fused-ring (bicyclic) bond motifs is 2. The van der Waals surface area contributed by atoms with Crippen molar-refractivity contribution in [2.24, 2.45) is 0 Å². The van der Waals surface area contributed by atoms with E-state index in [0.29, 0.717) is 38.6 Å². The zero-order chi connectivity index (χ0) is 24.8. The van der Waals surface area contributed by atoms with Gasteiger partial charge in [-0.3, -0.25) is 25.4 Å². The molecular weight excluding hydrogens is 472 g/mol. The summed E-state index contributed by atoms with van der Waals surface area (Å²) in [6.07, 6.45) is 3.90. The highest BCUT2D eigenvalue weighted by atomic mass is 32.1. The number of nitrogens with one attached hydrogen (secondary N) is 2. The summed E-state index contributed by atoms with van der Waals surface area (Å²) in [4.78, 5) is 46.0. The molecule has 178 valence electrons. The van der Waals surface area contributed by atoms with Gasteiger partial charge in [-0.2, -0.15) is 0 Å². The van der Waals surface area contributed by atoms with Gasteiger partial charge in [0.15, 0.2) is 0 Å². The molecule has 36 heavy (non-hydrogen) atoms. The second-order valence-corrected chi connectivity index (χ2v) is 9.87. The first kappa shape index (κ1) is 22.2. The maximum Gasteiger partial charge on any atom is 0.280 e. The molecule has 0 atom stereocenters. The average Bonchev–Trinajstić information content (AvgIpc) is 3.70. The maximum atomic E-state index is 13.2. The quantitative estimate of drug-likeness (QED) is 0.345. The minimum absolute atomic E-state index is 0.389. The zero-order valence-electron chi connectivity index (χ0n) is 19.7. The molecule has 0 radical (unpaired) electrons. The molecule has 5 aromatic rings. The molecule has 0 saturated heterocycles. The van der Waals surface area contributed by atoms with Crippen LogP contribution in [0.5, 0.6) is 0 Å². The summed E-state index contributed by atoms with van der Waals surface area (Å²) in [7, 11) is 0. The van der Waals surface area contributed by atoms with Crippen LogP contribution in [0.25, 0.3) is 32.5 Å². The van der Waals surface area contributed by atoms with Crippen LogP contribution in [0, 0.1) is 13.8 Å². The van der Waals surface area contributed by atoms with E-state index >= 15 is 0 Å². The van der Waals surface area contributed by atoms with Crippen LogP contribution in [0.15, 0.2) is 54.7 Å². The van der Waals surface area contributed by atoms with Gasteiger partial charge in [0.25, 0.3) is 11.8 Å². The molecule has 1 saturated carbocycles. The van der Waals surface area contributed by atoms with Gasteiger partial charge in [-0.15, -0.1) is 11.3 Å². The molecule has 1 aromatic carbocycles. The number of amides is 2. The first-order valence-corrected chi connectivity index (χ1v) is 12.5. The lowest BCUT2D eigenvalue weighted by Crippen LogP contribution is -2.41. The third kappa shape index (κ3) is 3.97. The molecule has 1 fully saturated rings. The van der Waals surface area contributed by atoms with E-state index in [2.05, 4.69) is 25.8 Å². The number of carbonyl (C=O) groups excluding carboxylic acids is 2. The fourth-order valence-corrected chi connectivity index (χ4v) is 5.48. The summed E-state index contributed by atoms with van der Waals surface area (Å²) in [6, 6.07) is 14.6. The van der Waals surface area contributed by atoms with Crippen LogP contribution in [0.4, 0.5) is 0 Å². The van der Waals surface area contributed by atoms with E-state index in [9.17, 15) is 9.59 Å². The maximum absolute atomic E-state index is 13.2. The van der Waals surface area contributed by atoms with Gasteiger partial charge in [0.1, 0.15) is 10.7 Å². The van der Waals surface area contributed by atoms with Gasteiger partial charge >= 0.3 is 0 Å². The first-order chi connectivity index (χ1) is 17.5. The minimum atomic E-state index is -0.440. The predicted molar refractivity (Wildman–Crippen MR) is 139 cm³/mol. The zero-order valence-corrected chi connectivity index (χ0v) is 20.5. The van der Waals surface area contributed by atoms with E-state index in [1.54, 1.807) is 12.3 Å². The largest absolute Gasteiger partial charge is 0.280 e. The van der Waals surface area contributed by atoms with Crippen molar-refractivity contribution in [3.05, 3.63) is 82.3 Å². The predicted octanol–water partition coefficient (Wildman–Crippen LogP) is 4.87. The number of aryl methyl sites for hydroxylation is 2. The van der Waals surface area contributed by atoms with Crippen molar-refractivity contribution >= 4 is 44.3 Å². The van der Waals surface area contributed by atoms with Gasteiger partial charge in [0.2, 0.25) is 0 Å². The Morgan fingerprint density at radius 1 is 0.917 bits per heavy atom. The van der Waals surface area contributed by atoms with Crippen molar-refractivity contribution in [1.29, 1.82) is 0 Å². The van der Waals surface area contributed by atoms with Crippen LogP contribution in [-0.4, -0.2) is 31.8 Å². The van der Waals surface area contributed by atoms with Crippen LogP contribution >= 0.6 is 11.3 Å². The van der Waals surface area contributed by atoms with Crippen LogP contribution in [-0.2, 0) is 0 Å². The molecule has 4 aromatic heterocycles. The minimum Gasteiger partial charge on any atom is -0.267 e. The Bertz CT molecular complexity index is 1660. The summed E-state index contributed by atoms with van der Waals surface area (Å²) in [5, 5.41) is 1.58. The molecule has 4 heterocycles. The van der Waals surface area contributed by atoms with Gasteiger partial charge < -0.3 is 0 Å². The second-order valence-electron chi connectivity index (χ2n) is 8.87. The van der Waals surface area contributed by atoms with Crippen LogP contribution < -0.4 is 10.9 Å². The number of benzene rings is 1. The highest BCUT2D eigenvalue weighted by molar-refractivity contribution is 7.20. The van der Waals surface area contributed by atoms with Crippen LogP contribution in [0.2, 0.25) is 0 Å². The van der Waals surface area contributed by atoms with Gasteiger partial charge in [0.05, 0.1) is 33.0 Å². The summed E-state index contributed by atoms with van der Waals surface area (Å²) in [5.74, 6) is 0.456. The lowest BCUT2D eigenvalue weighted by molar-refractivity contribution is 0.0849. The summed E-state index contributed by atoms with van der Waals surface area (Å²) in [5.41, 5.74) is 9.14. The molecule has 9 heteroatoms. The first-order valence-electron chi connectivity index (χ1n) is 11.7. The normalized spacial score (nSPS) is 13.2. The summed E-state index contributed by atoms with van der Waals surface area (Å²) in [6.45, 7) is 3.84. The Morgan fingerprint density at radius 2 is 1.69 bits per heavy atom. The van der Waals surface area contributed by atoms with Crippen molar-refractivity contribution in [2.45, 2.75) is 32.6 Å². The highest BCUT2D eigenvalue weighted by Gasteiger charge is 2.28. The number of pyridine rings is 2. The second kappa shape index (κ2) is 8.76. The topological polar surface area (TPSA) is 110 Å². The van der Waals surface area contributed by atoms with E-state index in [0.717, 1.165) is 40.1 Å². The third-order valence-electron chi connectivity index (χ3n) is 6.31. The number of rotatable bonds is 4. The number of thiophene rings is 1. The van der Waals surface area contributed by atoms with Crippen molar-refractivity contribution in [2.75, 3.05) is 0 Å². The molecule has 6 rings (SSSR count). The fraction of sp³-hybridized carbons (Fsp3) is 0.185. The summed E-state index contributed by atoms with van der Waals surface area (Å²) >= 11 is 1.32. The number of nitrogens with zero attached hydrogens (tertiary/aromatic N) is 4. The SMILES string of the molecule is Cc1nc(C2CC2)nc2sc(C(=O)NNC(=O)c3cc(-c4ccccn4)nc4ccccc34)c(C)c12.